The maximum absolute atomic E-state index is 13.1. The molecule has 0 aromatic heterocycles. The number of benzene rings is 1. The molecule has 5 nitrogen and oxygen atoms in total. The summed E-state index contributed by atoms with van der Waals surface area (Å²) in [6.07, 6.45) is -3.85. The van der Waals surface area contributed by atoms with Gasteiger partial charge < -0.3 is 9.80 Å². The number of halogens is 3. The van der Waals surface area contributed by atoms with E-state index in [1.807, 2.05) is 19.0 Å². The van der Waals surface area contributed by atoms with Crippen LogP contribution in [-0.2, 0) is 6.18 Å². The van der Waals surface area contributed by atoms with Gasteiger partial charge in [0.1, 0.15) is 0 Å². The maximum Gasteiger partial charge on any atom is 0.418 e. The van der Waals surface area contributed by atoms with Crippen LogP contribution in [0.4, 0.5) is 24.5 Å². The molecule has 0 spiro atoms. The molecular formula is C13H16F3N3O2. The monoisotopic (exact) mass is 303 g/mol. The van der Waals surface area contributed by atoms with Gasteiger partial charge in [0, 0.05) is 37.0 Å². The SMILES string of the molecule is CN(C)[C@@H]1CCN(c2ccc([N+](=O)[O-])cc2C(F)(F)F)C1. The molecule has 116 valence electrons. The summed E-state index contributed by atoms with van der Waals surface area (Å²) in [7, 11) is 3.77. The molecule has 21 heavy (non-hydrogen) atoms. The molecule has 0 bridgehead atoms. The fourth-order valence-corrected chi connectivity index (χ4v) is 2.52. The van der Waals surface area contributed by atoms with E-state index in [4.69, 9.17) is 0 Å². The van der Waals surface area contributed by atoms with Crippen molar-refractivity contribution in [1.29, 1.82) is 0 Å². The molecule has 2 rings (SSSR count). The molecule has 0 amide bonds. The number of alkyl halides is 3. The Kier molecular flexibility index (Phi) is 4.08. The van der Waals surface area contributed by atoms with E-state index in [-0.39, 0.29) is 11.7 Å². The van der Waals surface area contributed by atoms with Gasteiger partial charge in [0.15, 0.2) is 0 Å². The molecule has 1 aromatic carbocycles. The van der Waals surface area contributed by atoms with Gasteiger partial charge >= 0.3 is 6.18 Å². The first-order valence-corrected chi connectivity index (χ1v) is 6.47. The van der Waals surface area contributed by atoms with Gasteiger partial charge in [0.25, 0.3) is 5.69 Å². The predicted molar refractivity (Wildman–Crippen MR) is 72.4 cm³/mol. The first-order chi connectivity index (χ1) is 9.70. The summed E-state index contributed by atoms with van der Waals surface area (Å²) < 4.78 is 39.4. The van der Waals surface area contributed by atoms with Crippen molar-refractivity contribution >= 4 is 11.4 Å². The average molecular weight is 303 g/mol. The van der Waals surface area contributed by atoms with E-state index in [2.05, 4.69) is 0 Å². The summed E-state index contributed by atoms with van der Waals surface area (Å²) in [4.78, 5) is 13.5. The smallest absolute Gasteiger partial charge is 0.369 e. The van der Waals surface area contributed by atoms with Crippen LogP contribution in [0.1, 0.15) is 12.0 Å². The minimum absolute atomic E-state index is 0.0115. The second kappa shape index (κ2) is 5.51. The number of nitro benzene ring substituents is 1. The van der Waals surface area contributed by atoms with E-state index in [1.165, 1.54) is 6.07 Å². The van der Waals surface area contributed by atoms with Crippen LogP contribution in [0.3, 0.4) is 0 Å². The third-order valence-electron chi connectivity index (χ3n) is 3.73. The number of likely N-dealkylation sites (N-methyl/N-ethyl adjacent to an activating group) is 1. The highest BCUT2D eigenvalue weighted by Gasteiger charge is 2.38. The number of hydrogen-bond donors (Lipinski definition) is 0. The van der Waals surface area contributed by atoms with E-state index in [0.717, 1.165) is 12.5 Å². The summed E-state index contributed by atoms with van der Waals surface area (Å²) in [6.45, 7) is 0.984. The normalized spacial score (nSPS) is 19.3. The highest BCUT2D eigenvalue weighted by Crippen LogP contribution is 2.39. The van der Waals surface area contributed by atoms with Crippen LogP contribution in [0, 0.1) is 10.1 Å². The summed E-state index contributed by atoms with van der Waals surface area (Å²) in [5.41, 5.74) is -1.48. The zero-order valence-electron chi connectivity index (χ0n) is 11.7. The van der Waals surface area contributed by atoms with E-state index < -0.39 is 22.4 Å². The molecule has 0 aliphatic carbocycles. The fourth-order valence-electron chi connectivity index (χ4n) is 2.52. The van der Waals surface area contributed by atoms with Gasteiger partial charge in [-0.05, 0) is 26.6 Å². The molecule has 8 heteroatoms. The number of hydrogen-bond acceptors (Lipinski definition) is 4. The quantitative estimate of drug-likeness (QED) is 0.636. The number of rotatable bonds is 3. The van der Waals surface area contributed by atoms with Gasteiger partial charge in [-0.25, -0.2) is 0 Å². The van der Waals surface area contributed by atoms with Crippen LogP contribution in [0.25, 0.3) is 0 Å². The molecule has 0 saturated carbocycles. The lowest BCUT2D eigenvalue weighted by Crippen LogP contribution is -2.32. The van der Waals surface area contributed by atoms with E-state index in [9.17, 15) is 23.3 Å². The van der Waals surface area contributed by atoms with Crippen molar-refractivity contribution in [3.63, 3.8) is 0 Å². The van der Waals surface area contributed by atoms with Crippen LogP contribution in [0.5, 0.6) is 0 Å². The molecule has 0 unspecified atom stereocenters. The van der Waals surface area contributed by atoms with Gasteiger partial charge in [0.2, 0.25) is 0 Å². The van der Waals surface area contributed by atoms with Crippen molar-refractivity contribution < 1.29 is 18.1 Å². The minimum Gasteiger partial charge on any atom is -0.369 e. The number of nitro groups is 1. The number of nitrogens with zero attached hydrogens (tertiary/aromatic N) is 3. The van der Waals surface area contributed by atoms with Crippen LogP contribution in [0.15, 0.2) is 18.2 Å². The second-order valence-corrected chi connectivity index (χ2v) is 5.31. The van der Waals surface area contributed by atoms with Crippen molar-refractivity contribution in [3.8, 4) is 0 Å². The van der Waals surface area contributed by atoms with Crippen LogP contribution in [0.2, 0.25) is 0 Å². The lowest BCUT2D eigenvalue weighted by Gasteiger charge is -2.24. The number of non-ortho nitro benzene ring substituents is 1. The minimum atomic E-state index is -4.61. The summed E-state index contributed by atoms with van der Waals surface area (Å²) in [5, 5.41) is 10.7. The molecule has 1 atom stereocenters. The Balaban J connectivity index is 2.38. The zero-order chi connectivity index (χ0) is 15.8. The molecule has 1 fully saturated rings. The van der Waals surface area contributed by atoms with Crippen LogP contribution < -0.4 is 4.90 Å². The molecule has 0 radical (unpaired) electrons. The molecule has 1 aliphatic rings. The third kappa shape index (κ3) is 3.26. The lowest BCUT2D eigenvalue weighted by molar-refractivity contribution is -0.385. The van der Waals surface area contributed by atoms with Gasteiger partial charge in [-0.2, -0.15) is 13.2 Å². The Hall–Kier alpha value is -1.83. The highest BCUT2D eigenvalue weighted by atomic mass is 19.4. The van der Waals surface area contributed by atoms with Crippen LogP contribution in [-0.4, -0.2) is 43.0 Å². The zero-order valence-corrected chi connectivity index (χ0v) is 11.7. The average Bonchev–Trinajstić information content (AvgIpc) is 2.86. The Morgan fingerprint density at radius 2 is 2.05 bits per heavy atom. The van der Waals surface area contributed by atoms with Crippen molar-refractivity contribution in [2.45, 2.75) is 18.6 Å². The van der Waals surface area contributed by atoms with Crippen LogP contribution >= 0.6 is 0 Å². The van der Waals surface area contributed by atoms with Crippen molar-refractivity contribution in [3.05, 3.63) is 33.9 Å². The van der Waals surface area contributed by atoms with E-state index in [1.54, 1.807) is 4.90 Å². The highest BCUT2D eigenvalue weighted by molar-refractivity contribution is 5.60. The largest absolute Gasteiger partial charge is 0.418 e. The maximum atomic E-state index is 13.1. The Morgan fingerprint density at radius 1 is 1.38 bits per heavy atom. The first-order valence-electron chi connectivity index (χ1n) is 6.47. The molecule has 1 heterocycles. The lowest BCUT2D eigenvalue weighted by atomic mass is 10.1. The van der Waals surface area contributed by atoms with Gasteiger partial charge in [-0.15, -0.1) is 0 Å². The summed E-state index contributed by atoms with van der Waals surface area (Å²) >= 11 is 0. The molecule has 1 aliphatic heterocycles. The summed E-state index contributed by atoms with van der Waals surface area (Å²) in [5.74, 6) is 0. The van der Waals surface area contributed by atoms with Crippen molar-refractivity contribution in [2.24, 2.45) is 0 Å². The molecule has 0 N–H and O–H groups in total. The van der Waals surface area contributed by atoms with Gasteiger partial charge in [-0.3, -0.25) is 10.1 Å². The summed E-state index contributed by atoms with van der Waals surface area (Å²) in [6, 6.07) is 3.10. The Morgan fingerprint density at radius 3 is 2.52 bits per heavy atom. The molecule has 1 saturated heterocycles. The van der Waals surface area contributed by atoms with E-state index in [0.29, 0.717) is 19.2 Å². The first kappa shape index (κ1) is 15.6. The van der Waals surface area contributed by atoms with Crippen molar-refractivity contribution in [1.82, 2.24) is 4.90 Å². The van der Waals surface area contributed by atoms with Gasteiger partial charge in [0.05, 0.1) is 10.5 Å². The standard InChI is InChI=1S/C13H16F3N3O2/c1-17(2)10-5-6-18(8-10)12-4-3-9(19(20)21)7-11(12)13(14,15)16/h3-4,7,10H,5-6,8H2,1-2H3/t10-/m1/s1. The van der Waals surface area contributed by atoms with Crippen molar-refractivity contribution in [2.75, 3.05) is 32.1 Å². The van der Waals surface area contributed by atoms with Gasteiger partial charge in [-0.1, -0.05) is 0 Å². The Labute approximate surface area is 120 Å². The molecular weight excluding hydrogens is 287 g/mol. The molecule has 1 aromatic rings. The second-order valence-electron chi connectivity index (χ2n) is 5.31. The van der Waals surface area contributed by atoms with E-state index >= 15 is 0 Å². The topological polar surface area (TPSA) is 49.6 Å². The predicted octanol–water partition coefficient (Wildman–Crippen LogP) is 2.75. The number of anilines is 1. The third-order valence-corrected chi connectivity index (χ3v) is 3.73. The fraction of sp³-hybridized carbons (Fsp3) is 0.538. The Bertz CT molecular complexity index is 546.